The van der Waals surface area contributed by atoms with E-state index < -0.39 is 11.1 Å². The SMILES string of the molecule is C=Cc1ccc(CC(C)(CC)CC(c2ccc(CC(C)(CC)N3C(=O)c4ccccc4C3=O)cc2)C(C)(C)N2C(=O)c3ccccc3C2=O)cc1. The molecular formula is C45H48N2O4. The van der Waals surface area contributed by atoms with Gasteiger partial charge in [-0.1, -0.05) is 113 Å². The Morgan fingerprint density at radius 2 is 1.02 bits per heavy atom. The largest absolute Gasteiger partial charge is 0.269 e. The van der Waals surface area contributed by atoms with Crippen molar-refractivity contribution in [1.29, 1.82) is 0 Å². The summed E-state index contributed by atoms with van der Waals surface area (Å²) in [5, 5.41) is 0. The second-order valence-electron chi connectivity index (χ2n) is 15.4. The van der Waals surface area contributed by atoms with Gasteiger partial charge < -0.3 is 0 Å². The normalized spacial score (nSPS) is 17.2. The van der Waals surface area contributed by atoms with Gasteiger partial charge in [0.05, 0.1) is 33.3 Å². The van der Waals surface area contributed by atoms with Crippen LogP contribution in [0.5, 0.6) is 0 Å². The van der Waals surface area contributed by atoms with E-state index in [-0.39, 0.29) is 35.0 Å². The molecular weight excluding hydrogens is 633 g/mol. The predicted molar refractivity (Wildman–Crippen MR) is 203 cm³/mol. The summed E-state index contributed by atoms with van der Waals surface area (Å²) in [5.41, 5.74) is 4.37. The zero-order chi connectivity index (χ0) is 36.7. The van der Waals surface area contributed by atoms with Crippen molar-refractivity contribution in [3.8, 4) is 0 Å². The molecule has 0 spiro atoms. The number of nitrogens with zero attached hydrogens (tertiary/aromatic N) is 2. The van der Waals surface area contributed by atoms with Gasteiger partial charge in [0.1, 0.15) is 0 Å². The number of carbonyl (C=O) groups excluding carboxylic acids is 4. The van der Waals surface area contributed by atoms with Gasteiger partial charge in [-0.05, 0) is 98.4 Å². The third-order valence-corrected chi connectivity index (χ3v) is 11.7. The third kappa shape index (κ3) is 6.37. The van der Waals surface area contributed by atoms with E-state index in [1.54, 1.807) is 48.5 Å². The van der Waals surface area contributed by atoms with Gasteiger partial charge in [0.2, 0.25) is 0 Å². The summed E-state index contributed by atoms with van der Waals surface area (Å²) in [7, 11) is 0. The Labute approximate surface area is 302 Å². The van der Waals surface area contributed by atoms with Crippen molar-refractivity contribution in [3.63, 3.8) is 0 Å². The van der Waals surface area contributed by atoms with E-state index in [1.807, 2.05) is 33.8 Å². The van der Waals surface area contributed by atoms with Gasteiger partial charge in [-0.3, -0.25) is 29.0 Å². The molecule has 3 unspecified atom stereocenters. The molecule has 0 saturated heterocycles. The maximum absolute atomic E-state index is 13.9. The first-order valence-electron chi connectivity index (χ1n) is 18.0. The van der Waals surface area contributed by atoms with Gasteiger partial charge in [-0.2, -0.15) is 0 Å². The molecule has 3 atom stereocenters. The maximum Gasteiger partial charge on any atom is 0.262 e. The van der Waals surface area contributed by atoms with Gasteiger partial charge in [-0.15, -0.1) is 0 Å². The molecule has 0 aromatic heterocycles. The Bertz CT molecular complexity index is 1940. The second kappa shape index (κ2) is 13.6. The first kappa shape index (κ1) is 35.7. The molecule has 51 heavy (non-hydrogen) atoms. The van der Waals surface area contributed by atoms with Crippen molar-refractivity contribution in [3.05, 3.63) is 148 Å². The molecule has 4 amide bonds. The molecule has 4 aromatic carbocycles. The Balaban J connectivity index is 1.34. The van der Waals surface area contributed by atoms with Crippen molar-refractivity contribution < 1.29 is 19.2 Å². The van der Waals surface area contributed by atoms with Crippen molar-refractivity contribution in [2.24, 2.45) is 5.41 Å². The van der Waals surface area contributed by atoms with Crippen LogP contribution in [0.15, 0.2) is 104 Å². The average Bonchev–Trinajstić information content (AvgIpc) is 3.56. The lowest BCUT2D eigenvalue weighted by Gasteiger charge is -2.45. The molecule has 0 radical (unpaired) electrons. The van der Waals surface area contributed by atoms with Gasteiger partial charge in [0.25, 0.3) is 23.6 Å². The van der Waals surface area contributed by atoms with E-state index in [1.165, 1.54) is 15.4 Å². The van der Waals surface area contributed by atoms with Crippen molar-refractivity contribution in [1.82, 2.24) is 9.80 Å². The molecule has 0 bridgehead atoms. The van der Waals surface area contributed by atoms with Crippen LogP contribution in [0.2, 0.25) is 0 Å². The summed E-state index contributed by atoms with van der Waals surface area (Å²) in [6.07, 6.45) is 5.40. The Morgan fingerprint density at radius 1 is 0.588 bits per heavy atom. The minimum absolute atomic E-state index is 0.152. The maximum atomic E-state index is 13.9. The van der Waals surface area contributed by atoms with Crippen LogP contribution < -0.4 is 0 Å². The van der Waals surface area contributed by atoms with Crippen LogP contribution in [0.4, 0.5) is 0 Å². The highest BCUT2D eigenvalue weighted by molar-refractivity contribution is 6.22. The number of imide groups is 2. The lowest BCUT2D eigenvalue weighted by atomic mass is 9.67. The lowest BCUT2D eigenvalue weighted by Crippen LogP contribution is -2.52. The third-order valence-electron chi connectivity index (χ3n) is 11.7. The molecule has 4 aromatic rings. The molecule has 262 valence electrons. The van der Waals surface area contributed by atoms with Crippen molar-refractivity contribution in [2.75, 3.05) is 0 Å². The lowest BCUT2D eigenvalue weighted by molar-refractivity contribution is 0.0381. The summed E-state index contributed by atoms with van der Waals surface area (Å²) in [5.74, 6) is -1.23. The van der Waals surface area contributed by atoms with E-state index >= 15 is 0 Å². The van der Waals surface area contributed by atoms with E-state index in [2.05, 4.69) is 69.0 Å². The topological polar surface area (TPSA) is 74.8 Å². The second-order valence-corrected chi connectivity index (χ2v) is 15.4. The van der Waals surface area contributed by atoms with Crippen LogP contribution in [0.25, 0.3) is 6.08 Å². The first-order chi connectivity index (χ1) is 24.3. The highest BCUT2D eigenvalue weighted by atomic mass is 16.2. The number of hydrogen-bond acceptors (Lipinski definition) is 4. The zero-order valence-electron chi connectivity index (χ0n) is 30.7. The van der Waals surface area contributed by atoms with Gasteiger partial charge in [0.15, 0.2) is 0 Å². The predicted octanol–water partition coefficient (Wildman–Crippen LogP) is 9.54. The molecule has 6 rings (SSSR count). The number of amides is 4. The highest BCUT2D eigenvalue weighted by Gasteiger charge is 2.50. The summed E-state index contributed by atoms with van der Waals surface area (Å²) in [6, 6.07) is 30.9. The Kier molecular flexibility index (Phi) is 9.49. The molecule has 6 nitrogen and oxygen atoms in total. The Hall–Kier alpha value is -5.10. The first-order valence-corrected chi connectivity index (χ1v) is 18.0. The smallest absolute Gasteiger partial charge is 0.262 e. The van der Waals surface area contributed by atoms with Crippen molar-refractivity contribution in [2.45, 2.75) is 90.6 Å². The number of benzene rings is 4. The van der Waals surface area contributed by atoms with Crippen LogP contribution >= 0.6 is 0 Å². The van der Waals surface area contributed by atoms with Crippen LogP contribution in [-0.4, -0.2) is 44.5 Å². The summed E-state index contributed by atoms with van der Waals surface area (Å²) in [6.45, 7) is 16.4. The molecule has 2 aliphatic rings. The fraction of sp³-hybridized carbons (Fsp3) is 0.333. The van der Waals surface area contributed by atoms with Gasteiger partial charge >= 0.3 is 0 Å². The van der Waals surface area contributed by atoms with Crippen LogP contribution in [0.1, 0.15) is 130 Å². The molecule has 0 aliphatic carbocycles. The molecule has 6 heteroatoms. The molecule has 0 saturated carbocycles. The quantitative estimate of drug-likeness (QED) is 0.132. The zero-order valence-corrected chi connectivity index (χ0v) is 30.7. The number of rotatable bonds is 13. The monoisotopic (exact) mass is 680 g/mol. The highest BCUT2D eigenvalue weighted by Crippen LogP contribution is 2.47. The van der Waals surface area contributed by atoms with Crippen LogP contribution in [0, 0.1) is 5.41 Å². The van der Waals surface area contributed by atoms with E-state index in [4.69, 9.17) is 0 Å². The minimum atomic E-state index is -0.865. The number of hydrogen-bond donors (Lipinski definition) is 0. The van der Waals surface area contributed by atoms with Gasteiger partial charge in [-0.25, -0.2) is 0 Å². The summed E-state index contributed by atoms with van der Waals surface area (Å²) < 4.78 is 0. The number of fused-ring (bicyclic) bond motifs is 2. The summed E-state index contributed by atoms with van der Waals surface area (Å²) in [4.78, 5) is 57.7. The standard InChI is InChI=1S/C45H48N2O4/c1-8-30-19-21-31(22-20-30)27-44(6,9-2)29-38(43(4,5)46-39(48)34-15-11-12-16-35(34)40(46)49)33-25-23-32(24-26-33)28-45(7,10-3)47-41(50)36-17-13-14-18-37(36)42(47)51/h8,11-26,38H,1,9-10,27-29H2,2-7H3. The van der Waals surface area contributed by atoms with Gasteiger partial charge in [0, 0.05) is 5.92 Å². The fourth-order valence-electron chi connectivity index (χ4n) is 8.09. The molecule has 0 N–H and O–H groups in total. The summed E-state index contributed by atoms with van der Waals surface area (Å²) >= 11 is 0. The number of carbonyl (C=O) groups is 4. The average molecular weight is 681 g/mol. The van der Waals surface area contributed by atoms with Crippen LogP contribution in [0.3, 0.4) is 0 Å². The Morgan fingerprint density at radius 3 is 1.45 bits per heavy atom. The van der Waals surface area contributed by atoms with Crippen LogP contribution in [-0.2, 0) is 12.8 Å². The minimum Gasteiger partial charge on any atom is -0.269 e. The molecule has 0 fully saturated rings. The fourth-order valence-corrected chi connectivity index (χ4v) is 8.09. The van der Waals surface area contributed by atoms with E-state index in [0.717, 1.165) is 36.0 Å². The van der Waals surface area contributed by atoms with Crippen molar-refractivity contribution >= 4 is 29.7 Å². The molecule has 2 heterocycles. The molecule has 2 aliphatic heterocycles. The van der Waals surface area contributed by atoms with E-state index in [9.17, 15) is 19.2 Å². The van der Waals surface area contributed by atoms with E-state index in [0.29, 0.717) is 35.1 Å².